The summed E-state index contributed by atoms with van der Waals surface area (Å²) in [5.74, 6) is 4.73. The van der Waals surface area contributed by atoms with Crippen molar-refractivity contribution < 1.29 is 0 Å². The van der Waals surface area contributed by atoms with Gasteiger partial charge in [0, 0.05) is 0 Å². The summed E-state index contributed by atoms with van der Waals surface area (Å²) in [6, 6.07) is 4.67. The van der Waals surface area contributed by atoms with Crippen LogP contribution in [0, 0.1) is 0 Å². The van der Waals surface area contributed by atoms with Crippen LogP contribution >= 0.6 is 7.53 Å². The Morgan fingerprint density at radius 1 is 1.12 bits per heavy atom. The largest absolute Gasteiger partial charge is 0.303 e. The summed E-state index contributed by atoms with van der Waals surface area (Å²) in [5, 5.41) is 0. The van der Waals surface area contributed by atoms with Gasteiger partial charge in [-0.25, -0.2) is 0 Å². The lowest BCUT2D eigenvalue weighted by atomic mass is 10.1. The highest BCUT2D eigenvalue weighted by Gasteiger charge is 2.10. The van der Waals surface area contributed by atoms with Crippen LogP contribution in [0.4, 0.5) is 0 Å². The maximum absolute atomic E-state index is 2.61. The predicted molar refractivity (Wildman–Crippen MR) is 73.2 cm³/mol. The molecule has 1 aromatic heterocycles. The molecular weight excluding hydrogens is 213 g/mol. The van der Waals surface area contributed by atoms with Crippen LogP contribution in [0.5, 0.6) is 0 Å². The quantitative estimate of drug-likeness (QED) is 0.701. The van der Waals surface area contributed by atoms with Crippen molar-refractivity contribution in [3.05, 3.63) is 29.3 Å². The summed E-state index contributed by atoms with van der Waals surface area (Å²) in [6.07, 6.45) is 6.82. The summed E-state index contributed by atoms with van der Waals surface area (Å²) < 4.78 is 0. The highest BCUT2D eigenvalue weighted by molar-refractivity contribution is 7.46. The number of nitrogens with zero attached hydrogens (tertiary/aromatic N) is 1. The number of likely N-dealkylation sites (tertiary alicyclic amines) is 1. The molecule has 0 aliphatic carbocycles. The van der Waals surface area contributed by atoms with Gasteiger partial charge in [-0.05, 0) is 69.4 Å². The summed E-state index contributed by atoms with van der Waals surface area (Å²) in [5.41, 5.74) is 1.53. The van der Waals surface area contributed by atoms with E-state index in [1.54, 1.807) is 0 Å². The topological polar surface area (TPSA) is 3.24 Å². The van der Waals surface area contributed by atoms with Crippen molar-refractivity contribution in [1.82, 2.24) is 4.90 Å². The maximum Gasteiger partial charge on any atom is 0.121 e. The molecule has 1 aliphatic heterocycles. The second-order valence-corrected chi connectivity index (χ2v) is 6.80. The van der Waals surface area contributed by atoms with Crippen LogP contribution in [0.2, 0.25) is 0 Å². The first-order valence-electron chi connectivity index (χ1n) is 6.51. The molecule has 0 spiro atoms. The second kappa shape index (κ2) is 6.37. The minimum Gasteiger partial charge on any atom is -0.303 e. The lowest BCUT2D eigenvalue weighted by molar-refractivity contribution is 0.330. The predicted octanol–water partition coefficient (Wildman–Crippen LogP) is 3.91. The Morgan fingerprint density at radius 2 is 1.81 bits per heavy atom. The van der Waals surface area contributed by atoms with Gasteiger partial charge in [-0.3, -0.25) is 0 Å². The first-order valence-corrected chi connectivity index (χ1v) is 8.44. The molecule has 0 N–H and O–H groups in total. The average Bonchev–Trinajstić information content (AvgIpc) is 2.80. The van der Waals surface area contributed by atoms with E-state index >= 15 is 0 Å². The van der Waals surface area contributed by atoms with Crippen LogP contribution in [-0.4, -0.2) is 24.5 Å². The van der Waals surface area contributed by atoms with Gasteiger partial charge in [-0.1, -0.05) is 0 Å². The maximum atomic E-state index is 2.61. The van der Waals surface area contributed by atoms with Gasteiger partial charge in [0.05, 0.1) is 0 Å². The zero-order valence-corrected chi connectivity index (χ0v) is 11.3. The Balaban J connectivity index is 1.62. The highest BCUT2D eigenvalue weighted by atomic mass is 31.1. The Bertz CT molecular complexity index is 301. The molecule has 0 atom stereocenters. The van der Waals surface area contributed by atoms with E-state index in [1.165, 1.54) is 57.3 Å². The molecule has 0 amide bonds. The van der Waals surface area contributed by atoms with E-state index in [0.717, 1.165) is 0 Å². The van der Waals surface area contributed by atoms with Gasteiger partial charge >= 0.3 is 0 Å². The fourth-order valence-corrected chi connectivity index (χ4v) is 3.32. The molecule has 2 rings (SSSR count). The van der Waals surface area contributed by atoms with Crippen molar-refractivity contribution in [1.29, 1.82) is 0 Å². The molecule has 1 saturated heterocycles. The molecule has 1 fully saturated rings. The van der Waals surface area contributed by atoms with Crippen LogP contribution in [0.3, 0.4) is 0 Å². The number of hydrogen-bond acceptors (Lipinski definition) is 1. The monoisotopic (exact) mass is 236 g/mol. The molecule has 0 unspecified atom stereocenters. The number of unbranched alkanes of at least 4 members (excludes halogenated alkanes) is 1. The van der Waals surface area contributed by atoms with Gasteiger partial charge < -0.3 is 4.90 Å². The molecule has 0 aromatic carbocycles. The molecule has 1 aliphatic rings. The van der Waals surface area contributed by atoms with E-state index in [4.69, 9.17) is 0 Å². The van der Waals surface area contributed by atoms with Gasteiger partial charge in [-0.15, -0.1) is 0 Å². The van der Waals surface area contributed by atoms with Gasteiger partial charge in [0.15, 0.2) is 0 Å². The Morgan fingerprint density at radius 3 is 2.50 bits per heavy atom. The minimum absolute atomic E-state index is 0.0656. The number of rotatable bonds is 5. The van der Waals surface area contributed by atoms with Crippen LogP contribution in [0.15, 0.2) is 23.7 Å². The van der Waals surface area contributed by atoms with Crippen molar-refractivity contribution in [2.75, 3.05) is 19.6 Å². The molecule has 1 nitrogen and oxygen atoms in total. The van der Waals surface area contributed by atoms with E-state index in [-0.39, 0.29) is 7.53 Å². The van der Waals surface area contributed by atoms with E-state index < -0.39 is 0 Å². The average molecular weight is 236 g/mol. The second-order valence-electron chi connectivity index (χ2n) is 4.88. The minimum atomic E-state index is 0.0656. The first-order chi connectivity index (χ1) is 7.84. The Kier molecular flexibility index (Phi) is 4.81. The molecule has 1 aromatic rings. The van der Waals surface area contributed by atoms with Crippen LogP contribution in [0.1, 0.15) is 31.2 Å². The zero-order valence-electron chi connectivity index (χ0n) is 10.4. The molecular formula is C14H23NP+. The van der Waals surface area contributed by atoms with Crippen LogP contribution < -0.4 is 0 Å². The molecule has 2 heterocycles. The van der Waals surface area contributed by atoms with E-state index in [0.29, 0.717) is 0 Å². The van der Waals surface area contributed by atoms with Gasteiger partial charge in [0.25, 0.3) is 0 Å². The zero-order chi connectivity index (χ0) is 11.2. The van der Waals surface area contributed by atoms with E-state index in [2.05, 4.69) is 35.3 Å². The first kappa shape index (κ1) is 12.1. The van der Waals surface area contributed by atoms with Crippen molar-refractivity contribution in [3.8, 4) is 0 Å². The Labute approximate surface area is 101 Å². The van der Waals surface area contributed by atoms with Gasteiger partial charge in [-0.2, -0.15) is 0 Å². The molecule has 0 saturated carbocycles. The molecule has 0 radical (unpaired) electrons. The normalized spacial score (nSPS) is 16.8. The van der Waals surface area contributed by atoms with Crippen LogP contribution in [-0.2, 0) is 13.1 Å². The number of aryl methyl sites for hydroxylation is 2. The lowest BCUT2D eigenvalue weighted by Crippen LogP contribution is -2.20. The van der Waals surface area contributed by atoms with Crippen molar-refractivity contribution in [3.63, 3.8) is 0 Å². The van der Waals surface area contributed by atoms with Crippen molar-refractivity contribution >= 4 is 7.53 Å². The standard InChI is InChI=1S/C14H23NP/c1-16-12-7-14(8-13-16)6-2-3-9-15-10-4-5-11-15/h7-8,12-13H,2-6,9-11H2,1H3/q+1. The summed E-state index contributed by atoms with van der Waals surface area (Å²) in [7, 11) is 0.0656. The van der Waals surface area contributed by atoms with E-state index in [1.807, 2.05) is 0 Å². The summed E-state index contributed by atoms with van der Waals surface area (Å²) >= 11 is 0. The fraction of sp³-hybridized carbons (Fsp3) is 0.643. The van der Waals surface area contributed by atoms with Gasteiger partial charge in [0.2, 0.25) is 0 Å². The third-order valence-electron chi connectivity index (χ3n) is 3.44. The summed E-state index contributed by atoms with van der Waals surface area (Å²) in [4.78, 5) is 2.61. The van der Waals surface area contributed by atoms with Crippen molar-refractivity contribution in [2.24, 2.45) is 6.66 Å². The Hall–Kier alpha value is -0.390. The molecule has 88 valence electrons. The van der Waals surface area contributed by atoms with Crippen molar-refractivity contribution in [2.45, 2.75) is 32.1 Å². The van der Waals surface area contributed by atoms with Crippen LogP contribution in [0.25, 0.3) is 0 Å². The highest BCUT2D eigenvalue weighted by Crippen LogP contribution is 2.21. The van der Waals surface area contributed by atoms with E-state index in [9.17, 15) is 0 Å². The SMILES string of the molecule is C[p+]1ccc(CCCCN2CCCC2)cc1. The molecule has 2 heteroatoms. The van der Waals surface area contributed by atoms with Gasteiger partial charge in [0.1, 0.15) is 25.8 Å². The third-order valence-corrected chi connectivity index (χ3v) is 4.67. The third kappa shape index (κ3) is 3.88. The lowest BCUT2D eigenvalue weighted by Gasteiger charge is -2.13. The number of hydrogen-bond donors (Lipinski definition) is 0. The molecule has 16 heavy (non-hydrogen) atoms. The fourth-order valence-electron chi connectivity index (χ4n) is 2.37. The summed E-state index contributed by atoms with van der Waals surface area (Å²) in [6.45, 7) is 6.31. The molecule has 0 bridgehead atoms. The smallest absolute Gasteiger partial charge is 0.121 e.